The quantitative estimate of drug-likeness (QED) is 0.645. The Kier molecular flexibility index (Phi) is 3.83. The van der Waals surface area contributed by atoms with Gasteiger partial charge in [0, 0.05) is 5.56 Å². The van der Waals surface area contributed by atoms with Crippen molar-refractivity contribution >= 4 is 0 Å². The van der Waals surface area contributed by atoms with Crippen LogP contribution in [0, 0.1) is 19.7 Å². The van der Waals surface area contributed by atoms with Crippen molar-refractivity contribution in [2.45, 2.75) is 21.3 Å². The lowest BCUT2D eigenvalue weighted by Crippen LogP contribution is -1.85. The predicted molar refractivity (Wildman–Crippen MR) is 68.0 cm³/mol. The van der Waals surface area contributed by atoms with E-state index in [0.29, 0.717) is 5.56 Å². The molecule has 0 bridgehead atoms. The second-order valence-electron chi connectivity index (χ2n) is 3.85. The Morgan fingerprint density at radius 2 is 1.38 bits per heavy atom. The number of aryl methyl sites for hydroxylation is 2. The van der Waals surface area contributed by atoms with Crippen LogP contribution >= 0.6 is 0 Å². The molecule has 2 rings (SSSR count). The maximum Gasteiger partial charge on any atom is 0.131 e. The molecule has 0 atom stereocenters. The van der Waals surface area contributed by atoms with E-state index in [1.165, 1.54) is 5.56 Å². The molecule has 0 aliphatic heterocycles. The summed E-state index contributed by atoms with van der Waals surface area (Å²) >= 11 is 0. The van der Waals surface area contributed by atoms with E-state index >= 15 is 0 Å². The summed E-state index contributed by atoms with van der Waals surface area (Å²) in [7, 11) is 0. The molecule has 0 saturated carbocycles. The van der Waals surface area contributed by atoms with Gasteiger partial charge >= 0.3 is 0 Å². The Hall–Kier alpha value is -1.63. The van der Waals surface area contributed by atoms with Crippen LogP contribution in [-0.4, -0.2) is 0 Å². The molecule has 0 amide bonds. The summed E-state index contributed by atoms with van der Waals surface area (Å²) in [6, 6.07) is 13.2. The molecule has 16 heavy (non-hydrogen) atoms. The summed E-state index contributed by atoms with van der Waals surface area (Å²) in [5.74, 6) is -0.154. The van der Waals surface area contributed by atoms with Crippen molar-refractivity contribution in [1.82, 2.24) is 0 Å². The van der Waals surface area contributed by atoms with E-state index in [9.17, 15) is 4.39 Å². The largest absolute Gasteiger partial charge is 0.206 e. The van der Waals surface area contributed by atoms with Crippen molar-refractivity contribution < 1.29 is 4.39 Å². The van der Waals surface area contributed by atoms with Crippen LogP contribution in [0.1, 0.15) is 18.6 Å². The van der Waals surface area contributed by atoms with E-state index < -0.39 is 0 Å². The maximum atomic E-state index is 13.6. The normalized spacial score (nSPS) is 9.69. The zero-order valence-corrected chi connectivity index (χ0v) is 8.92. The molecule has 0 unspecified atom stereocenters. The first kappa shape index (κ1) is 12.4. The van der Waals surface area contributed by atoms with Gasteiger partial charge < -0.3 is 0 Å². The van der Waals surface area contributed by atoms with Crippen LogP contribution in [0.25, 0.3) is 11.1 Å². The minimum Gasteiger partial charge on any atom is -0.206 e. The third-order valence-corrected chi connectivity index (χ3v) is 2.49. The van der Waals surface area contributed by atoms with Crippen molar-refractivity contribution in [3.8, 4) is 11.1 Å². The van der Waals surface area contributed by atoms with Crippen LogP contribution in [0.2, 0.25) is 0 Å². The Morgan fingerprint density at radius 1 is 0.812 bits per heavy atom. The fraction of sp³-hybridized carbons (Fsp3) is 0.200. The minimum absolute atomic E-state index is 0. The lowest BCUT2D eigenvalue weighted by molar-refractivity contribution is 0.630. The first-order valence-electron chi connectivity index (χ1n) is 5.00. The zero-order chi connectivity index (χ0) is 10.8. The topological polar surface area (TPSA) is 0 Å². The van der Waals surface area contributed by atoms with E-state index in [1.807, 2.05) is 50.2 Å². The Balaban J connectivity index is 0.00000128. The highest BCUT2D eigenvalue weighted by Gasteiger charge is 2.03. The fourth-order valence-electron chi connectivity index (χ4n) is 1.59. The van der Waals surface area contributed by atoms with Crippen molar-refractivity contribution in [3.05, 3.63) is 59.4 Å². The summed E-state index contributed by atoms with van der Waals surface area (Å²) in [4.78, 5) is 0. The third-order valence-electron chi connectivity index (χ3n) is 2.49. The molecule has 1 heteroatoms. The molecule has 0 aliphatic rings. The number of benzene rings is 2. The van der Waals surface area contributed by atoms with E-state index in [1.54, 1.807) is 6.07 Å². The van der Waals surface area contributed by atoms with Crippen LogP contribution in [0.3, 0.4) is 0 Å². The molecule has 0 saturated heterocycles. The second kappa shape index (κ2) is 4.93. The number of hydrogen-bond donors (Lipinski definition) is 0. The van der Waals surface area contributed by atoms with Gasteiger partial charge in [0.2, 0.25) is 0 Å². The van der Waals surface area contributed by atoms with Gasteiger partial charge in [-0.3, -0.25) is 0 Å². The lowest BCUT2D eigenvalue weighted by atomic mass is 10.0. The van der Waals surface area contributed by atoms with Gasteiger partial charge in [-0.15, -0.1) is 0 Å². The molecule has 0 aliphatic carbocycles. The number of rotatable bonds is 1. The minimum atomic E-state index is -0.154. The SMILES string of the molecule is C.Cc1ccc(-c2ccc(C)cc2F)cc1. The monoisotopic (exact) mass is 216 g/mol. The molecule has 0 aromatic heterocycles. The molecule has 0 radical (unpaired) electrons. The number of halogens is 1. The summed E-state index contributed by atoms with van der Waals surface area (Å²) < 4.78 is 13.6. The van der Waals surface area contributed by atoms with Crippen LogP contribution in [0.5, 0.6) is 0 Å². The van der Waals surface area contributed by atoms with Gasteiger partial charge in [-0.25, -0.2) is 4.39 Å². The molecule has 2 aromatic carbocycles. The highest BCUT2D eigenvalue weighted by molar-refractivity contribution is 5.64. The first-order chi connectivity index (χ1) is 7.16. The van der Waals surface area contributed by atoms with Crippen LogP contribution < -0.4 is 0 Å². The molecule has 2 aromatic rings. The van der Waals surface area contributed by atoms with Crippen LogP contribution in [0.15, 0.2) is 42.5 Å². The summed E-state index contributed by atoms with van der Waals surface area (Å²) in [6.45, 7) is 3.91. The summed E-state index contributed by atoms with van der Waals surface area (Å²) in [5.41, 5.74) is 3.73. The van der Waals surface area contributed by atoms with Gasteiger partial charge in [-0.05, 0) is 31.0 Å². The Morgan fingerprint density at radius 3 is 1.94 bits per heavy atom. The van der Waals surface area contributed by atoms with E-state index in [-0.39, 0.29) is 13.2 Å². The average molecular weight is 216 g/mol. The summed E-state index contributed by atoms with van der Waals surface area (Å²) in [6.07, 6.45) is 0. The molecular weight excluding hydrogens is 199 g/mol. The van der Waals surface area contributed by atoms with Gasteiger partial charge in [0.05, 0.1) is 0 Å². The highest BCUT2D eigenvalue weighted by Crippen LogP contribution is 2.23. The van der Waals surface area contributed by atoms with Crippen molar-refractivity contribution in [3.63, 3.8) is 0 Å². The third kappa shape index (κ3) is 2.48. The molecule has 0 nitrogen and oxygen atoms in total. The molecule has 84 valence electrons. The van der Waals surface area contributed by atoms with Crippen molar-refractivity contribution in [2.24, 2.45) is 0 Å². The van der Waals surface area contributed by atoms with Gasteiger partial charge in [-0.2, -0.15) is 0 Å². The van der Waals surface area contributed by atoms with Crippen LogP contribution in [-0.2, 0) is 0 Å². The second-order valence-corrected chi connectivity index (χ2v) is 3.85. The van der Waals surface area contributed by atoms with Gasteiger partial charge in [-0.1, -0.05) is 49.4 Å². The van der Waals surface area contributed by atoms with Crippen molar-refractivity contribution in [1.29, 1.82) is 0 Å². The Bertz CT molecular complexity index is 469. The fourth-order valence-corrected chi connectivity index (χ4v) is 1.59. The van der Waals surface area contributed by atoms with Crippen molar-refractivity contribution in [2.75, 3.05) is 0 Å². The van der Waals surface area contributed by atoms with Gasteiger partial charge in [0.25, 0.3) is 0 Å². The van der Waals surface area contributed by atoms with Gasteiger partial charge in [0.1, 0.15) is 5.82 Å². The maximum absolute atomic E-state index is 13.6. The van der Waals surface area contributed by atoms with Crippen LogP contribution in [0.4, 0.5) is 4.39 Å². The van der Waals surface area contributed by atoms with Gasteiger partial charge in [0.15, 0.2) is 0 Å². The standard InChI is InChI=1S/C14H13F.CH4/c1-10-3-6-12(7-4-10)13-8-5-11(2)9-14(13)15;/h3-9H,1-2H3;1H4. The zero-order valence-electron chi connectivity index (χ0n) is 8.92. The van der Waals surface area contributed by atoms with E-state index in [4.69, 9.17) is 0 Å². The highest BCUT2D eigenvalue weighted by atomic mass is 19.1. The molecule has 0 heterocycles. The molecule has 0 N–H and O–H groups in total. The predicted octanol–water partition coefficient (Wildman–Crippen LogP) is 4.75. The molecular formula is C15H17F. The lowest BCUT2D eigenvalue weighted by Gasteiger charge is -2.04. The molecule has 0 fully saturated rings. The van der Waals surface area contributed by atoms with E-state index in [0.717, 1.165) is 11.1 Å². The average Bonchev–Trinajstić information content (AvgIpc) is 2.20. The Labute approximate surface area is 96.8 Å². The smallest absolute Gasteiger partial charge is 0.131 e. The van der Waals surface area contributed by atoms with E-state index in [2.05, 4.69) is 0 Å². The molecule has 0 spiro atoms. The number of hydrogen-bond acceptors (Lipinski definition) is 0. The first-order valence-corrected chi connectivity index (χ1v) is 5.00. The summed E-state index contributed by atoms with van der Waals surface area (Å²) in [5, 5.41) is 0.